The Morgan fingerprint density at radius 2 is 2.09 bits per heavy atom. The van der Waals surface area contributed by atoms with Crippen LogP contribution in [0, 0.1) is 0 Å². The highest BCUT2D eigenvalue weighted by Crippen LogP contribution is 2.26. The topological polar surface area (TPSA) is 61.8 Å². The molecule has 0 unspecified atom stereocenters. The molecule has 1 rings (SSSR count). The van der Waals surface area contributed by atoms with Crippen molar-refractivity contribution in [3.8, 4) is 5.75 Å². The normalized spacial score (nSPS) is 11.3. The number of carbonyl (C=O) groups is 1. The molecule has 5 nitrogen and oxygen atoms in total. The summed E-state index contributed by atoms with van der Waals surface area (Å²) in [6, 6.07) is 5.27. The first-order valence-corrected chi connectivity index (χ1v) is 7.69. The molecular weight excluding hydrogens is 304 g/mol. The van der Waals surface area contributed by atoms with Gasteiger partial charge in [-0.05, 0) is 39.8 Å². The average Bonchev–Trinajstić information content (AvgIpc) is 2.40. The van der Waals surface area contributed by atoms with Crippen LogP contribution in [0.3, 0.4) is 0 Å². The van der Waals surface area contributed by atoms with E-state index in [-0.39, 0.29) is 11.8 Å². The standard InChI is InChI=1S/C16H25ClN2O3/c1-16(2,3)22-15(21)19(4)10-6-9-18-11-12-7-5-8-13(17)14(12)20/h5,7-8,18,20H,6,9-11H2,1-4H3. The summed E-state index contributed by atoms with van der Waals surface area (Å²) >= 11 is 5.85. The van der Waals surface area contributed by atoms with Crippen LogP contribution >= 0.6 is 11.6 Å². The number of rotatable bonds is 6. The monoisotopic (exact) mass is 328 g/mol. The first-order chi connectivity index (χ1) is 10.2. The van der Waals surface area contributed by atoms with E-state index in [1.165, 1.54) is 0 Å². The molecule has 0 radical (unpaired) electrons. The van der Waals surface area contributed by atoms with E-state index >= 15 is 0 Å². The van der Waals surface area contributed by atoms with Crippen molar-refractivity contribution in [3.05, 3.63) is 28.8 Å². The zero-order valence-corrected chi connectivity index (χ0v) is 14.4. The van der Waals surface area contributed by atoms with E-state index in [1.54, 1.807) is 24.1 Å². The van der Waals surface area contributed by atoms with E-state index < -0.39 is 5.60 Å². The zero-order valence-electron chi connectivity index (χ0n) is 13.6. The number of phenolic OH excluding ortho intramolecular Hbond substituents is 1. The molecule has 1 amide bonds. The molecule has 0 spiro atoms. The highest BCUT2D eigenvalue weighted by molar-refractivity contribution is 6.32. The van der Waals surface area contributed by atoms with Crippen molar-refractivity contribution in [1.82, 2.24) is 10.2 Å². The Labute approximate surface area is 137 Å². The van der Waals surface area contributed by atoms with Crippen LogP contribution in [0.15, 0.2) is 18.2 Å². The van der Waals surface area contributed by atoms with Crippen LogP contribution < -0.4 is 5.32 Å². The number of benzene rings is 1. The number of phenols is 1. The summed E-state index contributed by atoms with van der Waals surface area (Å²) in [6.07, 6.45) is 0.469. The first-order valence-electron chi connectivity index (χ1n) is 7.32. The van der Waals surface area contributed by atoms with Crippen molar-refractivity contribution in [2.24, 2.45) is 0 Å². The van der Waals surface area contributed by atoms with Crippen LogP contribution in [0.5, 0.6) is 5.75 Å². The average molecular weight is 329 g/mol. The lowest BCUT2D eigenvalue weighted by atomic mass is 10.2. The molecule has 0 aliphatic rings. The molecule has 0 saturated heterocycles. The molecule has 0 heterocycles. The van der Waals surface area contributed by atoms with E-state index in [2.05, 4.69) is 5.32 Å². The molecule has 0 saturated carbocycles. The lowest BCUT2D eigenvalue weighted by Crippen LogP contribution is -2.35. The number of halogens is 1. The summed E-state index contributed by atoms with van der Waals surface area (Å²) in [5.41, 5.74) is 0.279. The number of nitrogens with zero attached hydrogens (tertiary/aromatic N) is 1. The Kier molecular flexibility index (Phi) is 6.97. The minimum atomic E-state index is -0.478. The van der Waals surface area contributed by atoms with E-state index in [4.69, 9.17) is 16.3 Å². The summed E-state index contributed by atoms with van der Waals surface area (Å²) in [6.45, 7) is 7.39. The van der Waals surface area contributed by atoms with Crippen LogP contribution in [0.2, 0.25) is 5.02 Å². The van der Waals surface area contributed by atoms with Gasteiger partial charge < -0.3 is 20.1 Å². The van der Waals surface area contributed by atoms with Crippen LogP contribution in [-0.4, -0.2) is 41.8 Å². The fourth-order valence-electron chi connectivity index (χ4n) is 1.80. The lowest BCUT2D eigenvalue weighted by Gasteiger charge is -2.24. The fourth-order valence-corrected chi connectivity index (χ4v) is 1.99. The van der Waals surface area contributed by atoms with Gasteiger partial charge in [0.2, 0.25) is 0 Å². The molecule has 1 aromatic carbocycles. The molecule has 0 fully saturated rings. The maximum Gasteiger partial charge on any atom is 0.410 e. The van der Waals surface area contributed by atoms with Crippen LogP contribution in [0.1, 0.15) is 32.8 Å². The van der Waals surface area contributed by atoms with Crippen LogP contribution in [-0.2, 0) is 11.3 Å². The Morgan fingerprint density at radius 3 is 2.73 bits per heavy atom. The first kappa shape index (κ1) is 18.6. The minimum absolute atomic E-state index is 0.113. The van der Waals surface area contributed by atoms with Crippen molar-refractivity contribution in [2.45, 2.75) is 39.3 Å². The van der Waals surface area contributed by atoms with Crippen molar-refractivity contribution < 1.29 is 14.6 Å². The number of nitrogens with one attached hydrogen (secondary N) is 1. The Balaban J connectivity index is 2.25. The summed E-state index contributed by atoms with van der Waals surface area (Å²) < 4.78 is 5.27. The smallest absolute Gasteiger partial charge is 0.410 e. The van der Waals surface area contributed by atoms with Crippen molar-refractivity contribution in [1.29, 1.82) is 0 Å². The summed E-state index contributed by atoms with van der Waals surface area (Å²) in [5.74, 6) is 0.113. The van der Waals surface area contributed by atoms with Crippen molar-refractivity contribution in [2.75, 3.05) is 20.1 Å². The van der Waals surface area contributed by atoms with Crippen molar-refractivity contribution >= 4 is 17.7 Å². The molecule has 6 heteroatoms. The largest absolute Gasteiger partial charge is 0.506 e. The Hall–Kier alpha value is -1.46. The molecule has 0 aliphatic carbocycles. The highest BCUT2D eigenvalue weighted by atomic mass is 35.5. The maximum absolute atomic E-state index is 11.8. The quantitative estimate of drug-likeness (QED) is 0.786. The van der Waals surface area contributed by atoms with E-state index in [0.717, 1.165) is 18.5 Å². The van der Waals surface area contributed by atoms with Gasteiger partial charge >= 0.3 is 6.09 Å². The van der Waals surface area contributed by atoms with Gasteiger partial charge in [-0.25, -0.2) is 4.79 Å². The fraction of sp³-hybridized carbons (Fsp3) is 0.562. The predicted octanol–water partition coefficient (Wildman–Crippen LogP) is 3.39. The van der Waals surface area contributed by atoms with E-state index in [9.17, 15) is 9.90 Å². The lowest BCUT2D eigenvalue weighted by molar-refractivity contribution is 0.0297. The second-order valence-corrected chi connectivity index (χ2v) is 6.59. The molecule has 0 aromatic heterocycles. The predicted molar refractivity (Wildman–Crippen MR) is 88.3 cm³/mol. The zero-order chi connectivity index (χ0) is 16.8. The van der Waals surface area contributed by atoms with Gasteiger partial charge in [-0.3, -0.25) is 0 Å². The number of ether oxygens (including phenoxy) is 1. The SMILES string of the molecule is CN(CCCNCc1cccc(Cl)c1O)C(=O)OC(C)(C)C. The number of para-hydroxylation sites is 1. The second kappa shape index (κ2) is 8.25. The molecule has 1 aromatic rings. The van der Waals surface area contributed by atoms with Gasteiger partial charge in [-0.15, -0.1) is 0 Å². The molecule has 0 bridgehead atoms. The van der Waals surface area contributed by atoms with E-state index in [0.29, 0.717) is 18.1 Å². The van der Waals surface area contributed by atoms with Gasteiger partial charge in [0.1, 0.15) is 11.4 Å². The number of aromatic hydroxyl groups is 1. The molecule has 0 aliphatic heterocycles. The molecule has 0 atom stereocenters. The van der Waals surface area contributed by atoms with Gasteiger partial charge in [-0.2, -0.15) is 0 Å². The maximum atomic E-state index is 11.8. The number of hydrogen-bond acceptors (Lipinski definition) is 4. The second-order valence-electron chi connectivity index (χ2n) is 6.18. The number of hydrogen-bond donors (Lipinski definition) is 2. The third kappa shape index (κ3) is 6.54. The van der Waals surface area contributed by atoms with Gasteiger partial charge in [0.05, 0.1) is 5.02 Å². The molecule has 124 valence electrons. The third-order valence-electron chi connectivity index (χ3n) is 2.94. The highest BCUT2D eigenvalue weighted by Gasteiger charge is 2.18. The Morgan fingerprint density at radius 1 is 1.41 bits per heavy atom. The summed E-state index contributed by atoms with van der Waals surface area (Å²) in [4.78, 5) is 13.3. The molecule has 2 N–H and O–H groups in total. The minimum Gasteiger partial charge on any atom is -0.506 e. The van der Waals surface area contributed by atoms with Crippen molar-refractivity contribution in [3.63, 3.8) is 0 Å². The molecular formula is C16H25ClN2O3. The summed E-state index contributed by atoms with van der Waals surface area (Å²) in [5, 5.41) is 13.3. The third-order valence-corrected chi connectivity index (χ3v) is 3.24. The number of carbonyl (C=O) groups excluding carboxylic acids is 1. The van der Waals surface area contributed by atoms with Gasteiger partial charge in [0.15, 0.2) is 0 Å². The van der Waals surface area contributed by atoms with Gasteiger partial charge in [0.25, 0.3) is 0 Å². The van der Waals surface area contributed by atoms with Gasteiger partial charge in [-0.1, -0.05) is 23.7 Å². The summed E-state index contributed by atoms with van der Waals surface area (Å²) in [7, 11) is 1.72. The van der Waals surface area contributed by atoms with E-state index in [1.807, 2.05) is 26.8 Å². The van der Waals surface area contributed by atoms with Gasteiger partial charge in [0, 0.05) is 25.7 Å². The number of amides is 1. The Bertz CT molecular complexity index is 501. The van der Waals surface area contributed by atoms with Crippen LogP contribution in [0.4, 0.5) is 4.79 Å². The van der Waals surface area contributed by atoms with Crippen LogP contribution in [0.25, 0.3) is 0 Å². The molecule has 22 heavy (non-hydrogen) atoms.